The molecular weight excluding hydrogens is 250 g/mol. The first-order chi connectivity index (χ1) is 8.45. The van der Waals surface area contributed by atoms with Crippen molar-refractivity contribution in [3.8, 4) is 0 Å². The molecule has 1 rings (SSSR count). The quantitative estimate of drug-likeness (QED) is 0.741. The zero-order valence-corrected chi connectivity index (χ0v) is 11.7. The average molecular weight is 271 g/mol. The third-order valence-electron chi connectivity index (χ3n) is 2.63. The van der Waals surface area contributed by atoms with E-state index in [1.165, 1.54) is 0 Å². The Balaban J connectivity index is 2.52. The zero-order valence-electron chi connectivity index (χ0n) is 10.9. The first-order valence-electron chi connectivity index (χ1n) is 5.90. The number of aryl methyl sites for hydroxylation is 1. The van der Waals surface area contributed by atoms with E-state index >= 15 is 0 Å². The van der Waals surface area contributed by atoms with Crippen molar-refractivity contribution >= 4 is 10.0 Å². The molecule has 0 amide bonds. The van der Waals surface area contributed by atoms with Crippen molar-refractivity contribution < 1.29 is 8.42 Å². The highest BCUT2D eigenvalue weighted by molar-refractivity contribution is 7.89. The first kappa shape index (κ1) is 15.1. The summed E-state index contributed by atoms with van der Waals surface area (Å²) in [6.45, 7) is 4.27. The summed E-state index contributed by atoms with van der Waals surface area (Å²) in [6, 6.07) is 6.80. The third kappa shape index (κ3) is 4.73. The molecule has 1 aromatic rings. The van der Waals surface area contributed by atoms with Crippen LogP contribution in [0.25, 0.3) is 0 Å². The van der Waals surface area contributed by atoms with Crippen LogP contribution >= 0.6 is 0 Å². The van der Waals surface area contributed by atoms with Crippen LogP contribution in [-0.2, 0) is 10.0 Å². The smallest absolute Gasteiger partial charge is 0.240 e. The summed E-state index contributed by atoms with van der Waals surface area (Å²) in [7, 11) is -1.49. The molecule has 0 saturated heterocycles. The van der Waals surface area contributed by atoms with Gasteiger partial charge in [-0.2, -0.15) is 0 Å². The summed E-state index contributed by atoms with van der Waals surface area (Å²) >= 11 is 0. The van der Waals surface area contributed by atoms with Crippen LogP contribution in [0.15, 0.2) is 29.2 Å². The van der Waals surface area contributed by atoms with Crippen molar-refractivity contribution in [2.24, 2.45) is 5.73 Å². The summed E-state index contributed by atoms with van der Waals surface area (Å²) in [6.07, 6.45) is 0. The second kappa shape index (κ2) is 6.84. The van der Waals surface area contributed by atoms with Crippen LogP contribution in [0, 0.1) is 6.92 Å². The maximum absolute atomic E-state index is 11.9. The van der Waals surface area contributed by atoms with Crippen LogP contribution in [0.1, 0.15) is 5.56 Å². The Morgan fingerprint density at radius 1 is 1.22 bits per heavy atom. The number of nitrogens with zero attached hydrogens (tertiary/aromatic N) is 1. The van der Waals surface area contributed by atoms with Crippen LogP contribution in [0.2, 0.25) is 0 Å². The topological polar surface area (TPSA) is 75.4 Å². The third-order valence-corrected chi connectivity index (χ3v) is 4.10. The number of nitrogens with two attached hydrogens (primary N) is 1. The van der Waals surface area contributed by atoms with Gasteiger partial charge >= 0.3 is 0 Å². The van der Waals surface area contributed by atoms with Gasteiger partial charge in [-0.1, -0.05) is 17.7 Å². The highest BCUT2D eigenvalue weighted by Gasteiger charge is 2.12. The fourth-order valence-corrected chi connectivity index (χ4v) is 2.52. The van der Waals surface area contributed by atoms with Crippen molar-refractivity contribution in [3.63, 3.8) is 0 Å². The van der Waals surface area contributed by atoms with Gasteiger partial charge in [0, 0.05) is 26.2 Å². The monoisotopic (exact) mass is 271 g/mol. The van der Waals surface area contributed by atoms with Gasteiger partial charge in [0.2, 0.25) is 10.0 Å². The van der Waals surface area contributed by atoms with E-state index in [1.807, 2.05) is 18.9 Å². The maximum Gasteiger partial charge on any atom is 0.240 e. The number of likely N-dealkylation sites (N-methyl/N-ethyl adjacent to an activating group) is 1. The minimum absolute atomic E-state index is 0.301. The molecule has 0 fully saturated rings. The van der Waals surface area contributed by atoms with Crippen molar-refractivity contribution in [2.45, 2.75) is 11.8 Å². The lowest BCUT2D eigenvalue weighted by Crippen LogP contribution is -2.35. The molecule has 5 nitrogen and oxygen atoms in total. The molecule has 1 aromatic carbocycles. The van der Waals surface area contributed by atoms with Gasteiger partial charge in [0.1, 0.15) is 0 Å². The Labute approximate surface area is 109 Å². The van der Waals surface area contributed by atoms with Crippen molar-refractivity contribution in [1.82, 2.24) is 9.62 Å². The van der Waals surface area contributed by atoms with E-state index in [0.717, 1.165) is 12.1 Å². The highest BCUT2D eigenvalue weighted by Crippen LogP contribution is 2.09. The molecule has 0 aliphatic carbocycles. The van der Waals surface area contributed by atoms with Gasteiger partial charge in [0.05, 0.1) is 4.90 Å². The summed E-state index contributed by atoms with van der Waals surface area (Å²) < 4.78 is 26.4. The lowest BCUT2D eigenvalue weighted by molar-refractivity contribution is 0.348. The average Bonchev–Trinajstić information content (AvgIpc) is 2.29. The number of nitrogens with one attached hydrogen (secondary N) is 1. The number of hydrogen-bond acceptors (Lipinski definition) is 4. The number of benzene rings is 1. The second-order valence-electron chi connectivity index (χ2n) is 4.30. The minimum Gasteiger partial charge on any atom is -0.329 e. The Morgan fingerprint density at radius 3 is 2.39 bits per heavy atom. The fourth-order valence-electron chi connectivity index (χ4n) is 1.50. The van der Waals surface area contributed by atoms with Crippen molar-refractivity contribution in [2.75, 3.05) is 33.2 Å². The highest BCUT2D eigenvalue weighted by atomic mass is 32.2. The molecule has 0 atom stereocenters. The molecule has 0 radical (unpaired) electrons. The summed E-state index contributed by atoms with van der Waals surface area (Å²) in [5.74, 6) is 0. The van der Waals surface area contributed by atoms with E-state index in [9.17, 15) is 8.42 Å². The molecule has 0 unspecified atom stereocenters. The molecule has 0 saturated carbocycles. The molecule has 0 heterocycles. The summed E-state index contributed by atoms with van der Waals surface area (Å²) in [4.78, 5) is 2.28. The molecule has 3 N–H and O–H groups in total. The van der Waals surface area contributed by atoms with Gasteiger partial charge in [-0.3, -0.25) is 0 Å². The van der Waals surface area contributed by atoms with E-state index in [2.05, 4.69) is 4.72 Å². The fraction of sp³-hybridized carbons (Fsp3) is 0.500. The van der Waals surface area contributed by atoms with Crippen LogP contribution in [0.3, 0.4) is 0 Å². The molecule has 0 aliphatic heterocycles. The van der Waals surface area contributed by atoms with Crippen LogP contribution < -0.4 is 10.5 Å². The molecule has 6 heteroatoms. The lowest BCUT2D eigenvalue weighted by Gasteiger charge is -2.15. The molecule has 18 heavy (non-hydrogen) atoms. The SMILES string of the molecule is Cc1ccc(S(=O)(=O)NCCN(C)CCN)cc1. The van der Waals surface area contributed by atoms with Crippen molar-refractivity contribution in [3.05, 3.63) is 29.8 Å². The largest absolute Gasteiger partial charge is 0.329 e. The van der Waals surface area contributed by atoms with Gasteiger partial charge in [-0.05, 0) is 26.1 Å². The summed E-state index contributed by atoms with van der Waals surface area (Å²) in [5, 5.41) is 0. The Hall–Kier alpha value is -0.950. The standard InChI is InChI=1S/C12H21N3O2S/c1-11-3-5-12(6-4-11)18(16,17)14-8-10-15(2)9-7-13/h3-6,14H,7-10,13H2,1-2H3. The predicted octanol–water partition coefficient (Wildman–Crippen LogP) is 0.164. The van der Waals surface area contributed by atoms with Crippen molar-refractivity contribution in [1.29, 1.82) is 0 Å². The number of sulfonamides is 1. The summed E-state index contributed by atoms with van der Waals surface area (Å²) in [5.41, 5.74) is 6.45. The van der Waals surface area contributed by atoms with Gasteiger partial charge in [-0.25, -0.2) is 13.1 Å². The van der Waals surface area contributed by atoms with E-state index in [0.29, 0.717) is 24.5 Å². The molecule has 0 bridgehead atoms. The molecule has 102 valence electrons. The van der Waals surface area contributed by atoms with E-state index in [1.54, 1.807) is 24.3 Å². The van der Waals surface area contributed by atoms with Gasteiger partial charge in [0.15, 0.2) is 0 Å². The second-order valence-corrected chi connectivity index (χ2v) is 6.07. The lowest BCUT2D eigenvalue weighted by atomic mass is 10.2. The first-order valence-corrected chi connectivity index (χ1v) is 7.39. The van der Waals surface area contributed by atoms with Gasteiger partial charge in [0.25, 0.3) is 0 Å². The van der Waals surface area contributed by atoms with Crippen LogP contribution in [0.4, 0.5) is 0 Å². The molecule has 0 aromatic heterocycles. The number of rotatable bonds is 7. The maximum atomic E-state index is 11.9. The normalized spacial score (nSPS) is 12.0. The van der Waals surface area contributed by atoms with Crippen LogP contribution in [-0.4, -0.2) is 46.5 Å². The van der Waals surface area contributed by atoms with E-state index in [-0.39, 0.29) is 0 Å². The molecule has 0 aliphatic rings. The number of hydrogen-bond donors (Lipinski definition) is 2. The minimum atomic E-state index is -3.40. The van der Waals surface area contributed by atoms with E-state index < -0.39 is 10.0 Å². The Bertz CT molecular complexity index is 457. The van der Waals surface area contributed by atoms with E-state index in [4.69, 9.17) is 5.73 Å². The van der Waals surface area contributed by atoms with Gasteiger partial charge < -0.3 is 10.6 Å². The molecule has 0 spiro atoms. The predicted molar refractivity (Wildman–Crippen MR) is 72.9 cm³/mol. The van der Waals surface area contributed by atoms with Gasteiger partial charge in [-0.15, -0.1) is 0 Å². The van der Waals surface area contributed by atoms with Crippen LogP contribution in [0.5, 0.6) is 0 Å². The zero-order chi connectivity index (χ0) is 13.6. The Morgan fingerprint density at radius 2 is 1.83 bits per heavy atom. The molecular formula is C12H21N3O2S. The Kier molecular flexibility index (Phi) is 5.74.